The van der Waals surface area contributed by atoms with Gasteiger partial charge in [-0.2, -0.15) is 0 Å². The first kappa shape index (κ1) is 11.4. The summed E-state index contributed by atoms with van der Waals surface area (Å²) in [5.41, 5.74) is 0. The van der Waals surface area contributed by atoms with Crippen LogP contribution in [-0.4, -0.2) is 35.3 Å². The Hall–Kier alpha value is -1.06. The first-order chi connectivity index (χ1) is 7.58. The number of ketones is 1. The molecule has 2 aliphatic rings. The largest absolute Gasteiger partial charge is 0.333 e. The van der Waals surface area contributed by atoms with Crippen LogP contribution in [0.4, 0.5) is 4.79 Å². The van der Waals surface area contributed by atoms with Crippen LogP contribution in [0.1, 0.15) is 39.5 Å². The Morgan fingerprint density at radius 3 is 2.38 bits per heavy atom. The molecule has 0 spiro atoms. The zero-order valence-corrected chi connectivity index (χ0v) is 10.0. The fourth-order valence-electron chi connectivity index (χ4n) is 2.51. The molecule has 1 N–H and O–H groups in total. The minimum absolute atomic E-state index is 0.0537. The van der Waals surface area contributed by atoms with Crippen LogP contribution in [0.15, 0.2) is 0 Å². The number of rotatable bonds is 2. The number of hydrogen-bond donors (Lipinski definition) is 1. The number of carbonyl (C=O) groups excluding carboxylic acids is 2. The highest BCUT2D eigenvalue weighted by Crippen LogP contribution is 2.24. The van der Waals surface area contributed by atoms with E-state index in [1.165, 1.54) is 0 Å². The van der Waals surface area contributed by atoms with E-state index in [4.69, 9.17) is 0 Å². The maximum Gasteiger partial charge on any atom is 0.318 e. The Morgan fingerprint density at radius 1 is 1.25 bits per heavy atom. The smallest absolute Gasteiger partial charge is 0.318 e. The summed E-state index contributed by atoms with van der Waals surface area (Å²) in [5.74, 6) is 0.815. The number of carbonyl (C=O) groups is 2. The molecule has 1 aliphatic carbocycles. The van der Waals surface area contributed by atoms with E-state index >= 15 is 0 Å². The average Bonchev–Trinajstić information content (AvgIpc) is 2.62. The summed E-state index contributed by atoms with van der Waals surface area (Å²) in [7, 11) is 0. The molecule has 2 rings (SSSR count). The van der Waals surface area contributed by atoms with Gasteiger partial charge in [0.25, 0.3) is 0 Å². The lowest BCUT2D eigenvalue weighted by molar-refractivity contribution is -0.121. The lowest BCUT2D eigenvalue weighted by Gasteiger charge is -2.29. The van der Waals surface area contributed by atoms with Crippen LogP contribution in [0.5, 0.6) is 0 Å². The average molecular weight is 224 g/mol. The predicted molar refractivity (Wildman–Crippen MR) is 61.1 cm³/mol. The van der Waals surface area contributed by atoms with Crippen molar-refractivity contribution in [3.63, 3.8) is 0 Å². The first-order valence-corrected chi connectivity index (χ1v) is 6.16. The molecule has 1 unspecified atom stereocenters. The Bertz CT molecular complexity index is 291. The number of urea groups is 1. The van der Waals surface area contributed by atoms with Gasteiger partial charge in [-0.25, -0.2) is 4.79 Å². The minimum atomic E-state index is 0.0537. The van der Waals surface area contributed by atoms with E-state index in [0.717, 1.165) is 19.4 Å². The van der Waals surface area contributed by atoms with Gasteiger partial charge in [0, 0.05) is 25.4 Å². The molecule has 0 aromatic carbocycles. The predicted octanol–water partition coefficient (Wildman–Crippen LogP) is 1.55. The van der Waals surface area contributed by atoms with Gasteiger partial charge in [0.1, 0.15) is 5.78 Å². The Kier molecular flexibility index (Phi) is 3.17. The SMILES string of the molecule is CC(C)C1CN(C2CCC(=O)CC2)C(=O)N1. The zero-order chi connectivity index (χ0) is 11.7. The molecule has 1 saturated heterocycles. The van der Waals surface area contributed by atoms with Crippen LogP contribution in [0, 0.1) is 5.92 Å². The van der Waals surface area contributed by atoms with Gasteiger partial charge in [-0.1, -0.05) is 13.8 Å². The highest BCUT2D eigenvalue weighted by molar-refractivity contribution is 5.80. The highest BCUT2D eigenvalue weighted by atomic mass is 16.2. The molecule has 1 atom stereocenters. The fraction of sp³-hybridized carbons (Fsp3) is 0.833. The lowest BCUT2D eigenvalue weighted by Crippen LogP contribution is -2.40. The minimum Gasteiger partial charge on any atom is -0.333 e. The molecule has 0 radical (unpaired) electrons. The Balaban J connectivity index is 1.95. The third kappa shape index (κ3) is 2.20. The van der Waals surface area contributed by atoms with Crippen molar-refractivity contribution in [3.8, 4) is 0 Å². The maximum absolute atomic E-state index is 11.8. The zero-order valence-electron chi connectivity index (χ0n) is 10.0. The molecule has 2 fully saturated rings. The van der Waals surface area contributed by atoms with Gasteiger partial charge in [-0.15, -0.1) is 0 Å². The monoisotopic (exact) mass is 224 g/mol. The molecular weight excluding hydrogens is 204 g/mol. The van der Waals surface area contributed by atoms with E-state index in [9.17, 15) is 9.59 Å². The van der Waals surface area contributed by atoms with Gasteiger partial charge >= 0.3 is 6.03 Å². The molecule has 16 heavy (non-hydrogen) atoms. The van der Waals surface area contributed by atoms with E-state index in [2.05, 4.69) is 19.2 Å². The third-order valence-corrected chi connectivity index (χ3v) is 3.72. The molecule has 1 aliphatic heterocycles. The number of nitrogens with zero attached hydrogens (tertiary/aromatic N) is 1. The summed E-state index contributed by atoms with van der Waals surface area (Å²) in [6, 6.07) is 0.602. The second-order valence-corrected chi connectivity index (χ2v) is 5.22. The topological polar surface area (TPSA) is 49.4 Å². The van der Waals surface area contributed by atoms with Gasteiger partial charge in [-0.3, -0.25) is 4.79 Å². The van der Waals surface area contributed by atoms with Crippen molar-refractivity contribution < 1.29 is 9.59 Å². The van der Waals surface area contributed by atoms with Crippen LogP contribution < -0.4 is 5.32 Å². The Labute approximate surface area is 96.4 Å². The number of nitrogens with one attached hydrogen (secondary N) is 1. The summed E-state index contributed by atoms with van der Waals surface area (Å²) < 4.78 is 0. The van der Waals surface area contributed by atoms with Crippen LogP contribution >= 0.6 is 0 Å². The van der Waals surface area contributed by atoms with Gasteiger partial charge in [0.15, 0.2) is 0 Å². The molecule has 1 saturated carbocycles. The highest BCUT2D eigenvalue weighted by Gasteiger charge is 2.36. The van der Waals surface area contributed by atoms with E-state index in [-0.39, 0.29) is 18.1 Å². The first-order valence-electron chi connectivity index (χ1n) is 6.16. The number of hydrogen-bond acceptors (Lipinski definition) is 2. The molecule has 2 amide bonds. The second kappa shape index (κ2) is 4.44. The van der Waals surface area contributed by atoms with Crippen molar-refractivity contribution in [3.05, 3.63) is 0 Å². The maximum atomic E-state index is 11.8. The summed E-state index contributed by atoms with van der Waals surface area (Å²) in [5, 5.41) is 3.01. The van der Waals surface area contributed by atoms with Gasteiger partial charge in [-0.05, 0) is 18.8 Å². The summed E-state index contributed by atoms with van der Waals surface area (Å²) in [6.07, 6.45) is 2.97. The molecule has 0 bridgehead atoms. The van der Waals surface area contributed by atoms with Gasteiger partial charge < -0.3 is 10.2 Å². The van der Waals surface area contributed by atoms with E-state index in [1.54, 1.807) is 0 Å². The van der Waals surface area contributed by atoms with Crippen molar-refractivity contribution in [1.29, 1.82) is 0 Å². The van der Waals surface area contributed by atoms with Crippen LogP contribution in [0.25, 0.3) is 0 Å². The third-order valence-electron chi connectivity index (χ3n) is 3.72. The molecule has 0 aromatic heterocycles. The van der Waals surface area contributed by atoms with Gasteiger partial charge in [0.05, 0.1) is 6.04 Å². The second-order valence-electron chi connectivity index (χ2n) is 5.22. The number of amides is 2. The normalized spacial score (nSPS) is 27.7. The summed E-state index contributed by atoms with van der Waals surface area (Å²) >= 11 is 0. The molecular formula is C12H20N2O2. The van der Waals surface area contributed by atoms with Crippen LogP contribution in [0.2, 0.25) is 0 Å². The quantitative estimate of drug-likeness (QED) is 0.773. The number of Topliss-reactive ketones (excluding diaryl/α,β-unsaturated/α-hetero) is 1. The van der Waals surface area contributed by atoms with Crippen molar-refractivity contribution in [2.75, 3.05) is 6.54 Å². The molecule has 4 heteroatoms. The van der Waals surface area contributed by atoms with E-state index in [0.29, 0.717) is 24.5 Å². The van der Waals surface area contributed by atoms with Crippen molar-refractivity contribution in [2.45, 2.75) is 51.6 Å². The molecule has 0 aromatic rings. The van der Waals surface area contributed by atoms with Crippen molar-refractivity contribution in [1.82, 2.24) is 10.2 Å². The van der Waals surface area contributed by atoms with E-state index < -0.39 is 0 Å². The summed E-state index contributed by atoms with van der Waals surface area (Å²) in [6.45, 7) is 5.05. The Morgan fingerprint density at radius 2 is 1.88 bits per heavy atom. The van der Waals surface area contributed by atoms with E-state index in [1.807, 2.05) is 4.90 Å². The van der Waals surface area contributed by atoms with Crippen LogP contribution in [-0.2, 0) is 4.79 Å². The van der Waals surface area contributed by atoms with Crippen LogP contribution in [0.3, 0.4) is 0 Å². The van der Waals surface area contributed by atoms with Crippen molar-refractivity contribution >= 4 is 11.8 Å². The van der Waals surface area contributed by atoms with Gasteiger partial charge in [0.2, 0.25) is 0 Å². The standard InChI is InChI=1S/C12H20N2O2/c1-8(2)11-7-14(12(16)13-11)9-3-5-10(15)6-4-9/h8-9,11H,3-7H2,1-2H3,(H,13,16). The fourth-order valence-corrected chi connectivity index (χ4v) is 2.51. The van der Waals surface area contributed by atoms with Crippen molar-refractivity contribution in [2.24, 2.45) is 5.92 Å². The summed E-state index contributed by atoms with van der Waals surface area (Å²) in [4.78, 5) is 24.9. The molecule has 4 nitrogen and oxygen atoms in total. The molecule has 1 heterocycles. The molecule has 90 valence electrons. The lowest BCUT2D eigenvalue weighted by atomic mass is 9.93.